The first-order valence-corrected chi connectivity index (χ1v) is 10.2. The fraction of sp³-hybridized carbons (Fsp3) is 0.348. The van der Waals surface area contributed by atoms with Crippen LogP contribution >= 0.6 is 11.6 Å². The third-order valence-corrected chi connectivity index (χ3v) is 5.39. The number of ether oxygens (including phenoxy) is 1. The zero-order chi connectivity index (χ0) is 20.6. The fourth-order valence-corrected chi connectivity index (χ4v) is 3.57. The molecular formula is C23H24ClNO4. The molecule has 3 rings (SSSR count). The Kier molecular flexibility index (Phi) is 7.42. The Balaban J connectivity index is 1.39. The molecule has 1 amide bonds. The molecule has 0 aliphatic heterocycles. The van der Waals surface area contributed by atoms with Crippen LogP contribution in [0, 0.1) is 0 Å². The molecule has 152 valence electrons. The van der Waals surface area contributed by atoms with Gasteiger partial charge in [-0.2, -0.15) is 0 Å². The number of fused-ring (bicyclic) bond motifs is 1. The second-order valence-corrected chi connectivity index (χ2v) is 7.55. The number of carbonyl (C=O) groups excluding carboxylic acids is 3. The molecule has 6 heteroatoms. The fourth-order valence-electron chi connectivity index (χ4n) is 3.37. The van der Waals surface area contributed by atoms with Crippen molar-refractivity contribution in [2.45, 2.75) is 45.1 Å². The summed E-state index contributed by atoms with van der Waals surface area (Å²) in [7, 11) is 0. The molecule has 0 bridgehead atoms. The van der Waals surface area contributed by atoms with Crippen molar-refractivity contribution in [3.05, 3.63) is 69.7 Å². The van der Waals surface area contributed by atoms with Crippen molar-refractivity contribution < 1.29 is 19.1 Å². The summed E-state index contributed by atoms with van der Waals surface area (Å²) < 4.78 is 4.96. The van der Waals surface area contributed by atoms with Gasteiger partial charge >= 0.3 is 5.97 Å². The van der Waals surface area contributed by atoms with Crippen LogP contribution in [0.25, 0.3) is 0 Å². The number of rotatable bonds is 8. The summed E-state index contributed by atoms with van der Waals surface area (Å²) in [5.41, 5.74) is 3.97. The van der Waals surface area contributed by atoms with Gasteiger partial charge in [-0.3, -0.25) is 14.4 Å². The molecule has 1 N–H and O–H groups in total. The molecule has 0 fully saturated rings. The number of hydrogen-bond acceptors (Lipinski definition) is 4. The lowest BCUT2D eigenvalue weighted by Gasteiger charge is -2.16. The predicted molar refractivity (Wildman–Crippen MR) is 111 cm³/mol. The van der Waals surface area contributed by atoms with Crippen molar-refractivity contribution in [2.75, 3.05) is 6.61 Å². The molecule has 1 aliphatic rings. The quantitative estimate of drug-likeness (QED) is 0.523. The van der Waals surface area contributed by atoms with Crippen molar-refractivity contribution >= 4 is 29.3 Å². The lowest BCUT2D eigenvalue weighted by atomic mass is 9.89. The minimum atomic E-state index is -0.566. The van der Waals surface area contributed by atoms with Gasteiger partial charge in [0.2, 0.25) is 0 Å². The number of carbonyl (C=O) groups is 3. The van der Waals surface area contributed by atoms with Gasteiger partial charge in [0.1, 0.15) is 0 Å². The van der Waals surface area contributed by atoms with Crippen molar-refractivity contribution in [1.82, 2.24) is 5.32 Å². The van der Waals surface area contributed by atoms with Crippen molar-refractivity contribution in [3.8, 4) is 0 Å². The Bertz CT molecular complexity index is 910. The van der Waals surface area contributed by atoms with Crippen LogP contribution in [0.4, 0.5) is 0 Å². The number of Topliss-reactive ketones (excluding diaryl/α,β-unsaturated/α-hetero) is 1. The van der Waals surface area contributed by atoms with Crippen molar-refractivity contribution in [1.29, 1.82) is 0 Å². The molecular weight excluding hydrogens is 390 g/mol. The third-order valence-electron chi connectivity index (χ3n) is 5.02. The molecule has 0 aromatic heterocycles. The molecule has 1 aliphatic carbocycles. The van der Waals surface area contributed by atoms with E-state index in [-0.39, 0.29) is 31.8 Å². The maximum Gasteiger partial charge on any atom is 0.306 e. The maximum absolute atomic E-state index is 12.4. The average molecular weight is 414 g/mol. The van der Waals surface area contributed by atoms with Gasteiger partial charge in [0.25, 0.3) is 5.91 Å². The highest BCUT2D eigenvalue weighted by Gasteiger charge is 2.15. The van der Waals surface area contributed by atoms with Crippen LogP contribution in [0.1, 0.15) is 52.7 Å². The molecule has 2 aromatic rings. The molecule has 0 radical (unpaired) electrons. The maximum atomic E-state index is 12.4. The number of esters is 1. The zero-order valence-electron chi connectivity index (χ0n) is 16.2. The largest absolute Gasteiger partial charge is 0.456 e. The van der Waals surface area contributed by atoms with Crippen LogP contribution in [0.3, 0.4) is 0 Å². The van der Waals surface area contributed by atoms with Crippen LogP contribution in [0.5, 0.6) is 0 Å². The van der Waals surface area contributed by atoms with Crippen LogP contribution < -0.4 is 5.32 Å². The third kappa shape index (κ3) is 6.16. The molecule has 0 saturated carbocycles. The van der Waals surface area contributed by atoms with E-state index in [4.69, 9.17) is 16.3 Å². The molecule has 2 aromatic carbocycles. The van der Waals surface area contributed by atoms with Gasteiger partial charge in [0.15, 0.2) is 12.4 Å². The first-order valence-electron chi connectivity index (χ1n) is 9.83. The summed E-state index contributed by atoms with van der Waals surface area (Å²) in [5, 5.41) is 3.21. The van der Waals surface area contributed by atoms with Gasteiger partial charge in [-0.15, -0.1) is 0 Å². The summed E-state index contributed by atoms with van der Waals surface area (Å²) in [5.74, 6) is -1.07. The second kappa shape index (κ2) is 10.2. The van der Waals surface area contributed by atoms with E-state index in [1.165, 1.54) is 17.5 Å². The van der Waals surface area contributed by atoms with E-state index in [2.05, 4.69) is 5.32 Å². The normalized spacial score (nSPS) is 12.7. The van der Waals surface area contributed by atoms with Gasteiger partial charge in [0.05, 0.1) is 6.42 Å². The summed E-state index contributed by atoms with van der Waals surface area (Å²) in [4.78, 5) is 36.1. The number of halogens is 1. The Hall–Kier alpha value is -2.66. The van der Waals surface area contributed by atoms with E-state index in [1.807, 2.05) is 24.3 Å². The smallest absolute Gasteiger partial charge is 0.306 e. The number of amides is 1. The molecule has 0 atom stereocenters. The highest BCUT2D eigenvalue weighted by molar-refractivity contribution is 6.31. The van der Waals surface area contributed by atoms with E-state index in [0.29, 0.717) is 10.6 Å². The number of nitrogens with one attached hydrogen (secondary N) is 1. The monoisotopic (exact) mass is 413 g/mol. The summed E-state index contributed by atoms with van der Waals surface area (Å²) in [6.07, 6.45) is 4.43. The SMILES string of the molecule is O=C(COC(=O)CCC(=O)c1ccc2c(c1)CCCC2)NCc1ccccc1Cl. The Labute approximate surface area is 175 Å². The predicted octanol–water partition coefficient (Wildman–Crippen LogP) is 4.04. The number of ketones is 1. The number of benzene rings is 2. The molecule has 0 unspecified atom stereocenters. The van der Waals surface area contributed by atoms with Crippen LogP contribution in [0.2, 0.25) is 5.02 Å². The zero-order valence-corrected chi connectivity index (χ0v) is 17.0. The topological polar surface area (TPSA) is 72.5 Å². The summed E-state index contributed by atoms with van der Waals surface area (Å²) >= 11 is 6.03. The van der Waals surface area contributed by atoms with E-state index < -0.39 is 11.9 Å². The van der Waals surface area contributed by atoms with Crippen molar-refractivity contribution in [2.24, 2.45) is 0 Å². The van der Waals surface area contributed by atoms with Gasteiger partial charge < -0.3 is 10.1 Å². The first-order chi connectivity index (χ1) is 14.0. The Morgan fingerprint density at radius 2 is 1.72 bits per heavy atom. The van der Waals surface area contributed by atoms with Gasteiger partial charge in [0, 0.05) is 23.6 Å². The number of aryl methyl sites for hydroxylation is 2. The van der Waals surface area contributed by atoms with Crippen LogP contribution in [-0.4, -0.2) is 24.3 Å². The van der Waals surface area contributed by atoms with E-state index in [9.17, 15) is 14.4 Å². The molecule has 0 heterocycles. The minimum absolute atomic E-state index is 0.0479. The second-order valence-electron chi connectivity index (χ2n) is 7.14. The van der Waals surface area contributed by atoms with E-state index in [1.54, 1.807) is 18.2 Å². The standard InChI is InChI=1S/C23H24ClNO4/c24-20-8-4-3-7-19(20)14-25-22(27)15-29-23(28)12-11-21(26)18-10-9-16-5-1-2-6-17(16)13-18/h3-4,7-10,13H,1-2,5-6,11-12,14-15H2,(H,25,27). The van der Waals surface area contributed by atoms with E-state index >= 15 is 0 Å². The summed E-state index contributed by atoms with van der Waals surface area (Å²) in [6, 6.07) is 13.0. The van der Waals surface area contributed by atoms with Crippen LogP contribution in [0.15, 0.2) is 42.5 Å². The van der Waals surface area contributed by atoms with E-state index in [0.717, 1.165) is 24.8 Å². The van der Waals surface area contributed by atoms with Gasteiger partial charge in [-0.25, -0.2) is 0 Å². The minimum Gasteiger partial charge on any atom is -0.456 e. The molecule has 29 heavy (non-hydrogen) atoms. The lowest BCUT2D eigenvalue weighted by Crippen LogP contribution is -2.28. The highest BCUT2D eigenvalue weighted by Crippen LogP contribution is 2.23. The first kappa shape index (κ1) is 21.1. The van der Waals surface area contributed by atoms with Gasteiger partial charge in [-0.05, 0) is 54.5 Å². The Morgan fingerprint density at radius 3 is 2.52 bits per heavy atom. The average Bonchev–Trinajstić information content (AvgIpc) is 2.75. The molecule has 5 nitrogen and oxygen atoms in total. The van der Waals surface area contributed by atoms with Gasteiger partial charge in [-0.1, -0.05) is 41.9 Å². The highest BCUT2D eigenvalue weighted by atomic mass is 35.5. The number of hydrogen-bond donors (Lipinski definition) is 1. The Morgan fingerprint density at radius 1 is 0.966 bits per heavy atom. The van der Waals surface area contributed by atoms with Crippen molar-refractivity contribution in [3.63, 3.8) is 0 Å². The summed E-state index contributed by atoms with van der Waals surface area (Å²) in [6.45, 7) is -0.122. The van der Waals surface area contributed by atoms with Crippen LogP contribution in [-0.2, 0) is 33.7 Å². The molecule has 0 saturated heterocycles. The lowest BCUT2D eigenvalue weighted by molar-refractivity contribution is -0.148. The molecule has 0 spiro atoms.